The van der Waals surface area contributed by atoms with Crippen LogP contribution in [0.4, 0.5) is 5.13 Å². The van der Waals surface area contributed by atoms with Crippen molar-refractivity contribution < 1.29 is 5.11 Å². The number of rotatable bonds is 8. The summed E-state index contributed by atoms with van der Waals surface area (Å²) in [6.07, 6.45) is 5.99. The Balaban J connectivity index is 1.65. The fraction of sp³-hybridized carbons (Fsp3) is 0.391. The lowest BCUT2D eigenvalue weighted by atomic mass is 10.1. The van der Waals surface area contributed by atoms with Crippen LogP contribution in [-0.2, 0) is 13.0 Å². The highest BCUT2D eigenvalue weighted by atomic mass is 35.5. The lowest BCUT2D eigenvalue weighted by molar-refractivity contribution is 0.281. The fourth-order valence-corrected chi connectivity index (χ4v) is 5.37. The zero-order chi connectivity index (χ0) is 21.3. The van der Waals surface area contributed by atoms with E-state index in [9.17, 15) is 5.11 Å². The van der Waals surface area contributed by atoms with Crippen molar-refractivity contribution >= 4 is 39.7 Å². The van der Waals surface area contributed by atoms with E-state index in [2.05, 4.69) is 23.7 Å². The molecular weight excluding hydrogens is 437 g/mol. The van der Waals surface area contributed by atoms with Crippen molar-refractivity contribution in [2.24, 2.45) is 0 Å². The molecule has 4 nitrogen and oxygen atoms in total. The Bertz CT molecular complexity index is 1040. The number of thiazole rings is 1. The summed E-state index contributed by atoms with van der Waals surface area (Å²) in [6, 6.07) is 10.3. The van der Waals surface area contributed by atoms with Gasteiger partial charge in [-0.15, -0.1) is 11.3 Å². The van der Waals surface area contributed by atoms with Crippen molar-refractivity contribution in [1.29, 1.82) is 0 Å². The maximum atomic E-state index is 9.45. The first-order valence-corrected chi connectivity index (χ1v) is 11.8. The van der Waals surface area contributed by atoms with E-state index in [1.54, 1.807) is 23.6 Å². The third-order valence-corrected chi connectivity index (χ3v) is 7.04. The quantitative estimate of drug-likeness (QED) is 0.427. The summed E-state index contributed by atoms with van der Waals surface area (Å²) in [5.41, 5.74) is 3.76. The first-order chi connectivity index (χ1) is 14.5. The van der Waals surface area contributed by atoms with Gasteiger partial charge in [0.25, 0.3) is 0 Å². The molecule has 0 radical (unpaired) electrons. The van der Waals surface area contributed by atoms with Crippen LogP contribution in [0, 0.1) is 6.92 Å². The minimum absolute atomic E-state index is 0.0372. The van der Waals surface area contributed by atoms with Gasteiger partial charge in [-0.05, 0) is 62.1 Å². The highest BCUT2D eigenvalue weighted by Crippen LogP contribution is 2.41. The zero-order valence-electron chi connectivity index (χ0n) is 17.1. The van der Waals surface area contributed by atoms with Crippen LogP contribution < -0.4 is 4.90 Å². The van der Waals surface area contributed by atoms with E-state index >= 15 is 0 Å². The Morgan fingerprint density at radius 1 is 1.23 bits per heavy atom. The van der Waals surface area contributed by atoms with Gasteiger partial charge in [-0.3, -0.25) is 4.98 Å². The van der Waals surface area contributed by atoms with E-state index in [1.807, 2.05) is 24.3 Å². The Labute approximate surface area is 191 Å². The maximum absolute atomic E-state index is 9.45. The maximum Gasteiger partial charge on any atom is 0.186 e. The molecule has 158 valence electrons. The second-order valence-electron chi connectivity index (χ2n) is 7.74. The summed E-state index contributed by atoms with van der Waals surface area (Å²) in [7, 11) is 0. The Morgan fingerprint density at radius 3 is 2.70 bits per heavy atom. The summed E-state index contributed by atoms with van der Waals surface area (Å²) in [4.78, 5) is 13.2. The topological polar surface area (TPSA) is 49.3 Å². The summed E-state index contributed by atoms with van der Waals surface area (Å²) in [5, 5.41) is 11.7. The number of aromatic nitrogens is 2. The Morgan fingerprint density at radius 2 is 2.03 bits per heavy atom. The van der Waals surface area contributed by atoms with Gasteiger partial charge in [-0.25, -0.2) is 4.98 Å². The van der Waals surface area contributed by atoms with E-state index < -0.39 is 0 Å². The molecule has 7 heteroatoms. The molecule has 1 fully saturated rings. The van der Waals surface area contributed by atoms with Crippen molar-refractivity contribution in [3.63, 3.8) is 0 Å². The molecule has 3 aromatic rings. The monoisotopic (exact) mass is 461 g/mol. The molecule has 1 unspecified atom stereocenters. The van der Waals surface area contributed by atoms with Crippen LogP contribution in [-0.4, -0.2) is 27.2 Å². The Hall–Kier alpha value is -1.66. The normalized spacial score (nSPS) is 14.7. The molecule has 2 heterocycles. The van der Waals surface area contributed by atoms with E-state index in [-0.39, 0.29) is 6.61 Å². The van der Waals surface area contributed by atoms with Gasteiger partial charge in [0.2, 0.25) is 0 Å². The third kappa shape index (κ3) is 4.65. The minimum atomic E-state index is 0.0372. The molecule has 30 heavy (non-hydrogen) atoms. The van der Waals surface area contributed by atoms with Crippen molar-refractivity contribution in [3.05, 3.63) is 62.7 Å². The number of hydrogen-bond acceptors (Lipinski definition) is 5. The van der Waals surface area contributed by atoms with Crippen LogP contribution in [0.5, 0.6) is 0 Å². The van der Waals surface area contributed by atoms with Crippen molar-refractivity contribution in [2.75, 3.05) is 4.90 Å². The molecule has 4 rings (SSSR count). The van der Waals surface area contributed by atoms with Crippen molar-refractivity contribution in [2.45, 2.75) is 58.2 Å². The van der Waals surface area contributed by atoms with Gasteiger partial charge < -0.3 is 10.0 Å². The lowest BCUT2D eigenvalue weighted by Crippen LogP contribution is -2.38. The number of pyridine rings is 1. The van der Waals surface area contributed by atoms with Crippen LogP contribution in [0.2, 0.25) is 10.0 Å². The number of anilines is 1. The molecule has 1 atom stereocenters. The van der Waals surface area contributed by atoms with Gasteiger partial charge in [-0.2, -0.15) is 0 Å². The molecule has 1 aliphatic rings. The molecule has 1 aromatic carbocycles. The summed E-state index contributed by atoms with van der Waals surface area (Å²) >= 11 is 14.3. The van der Waals surface area contributed by atoms with Crippen LogP contribution in [0.15, 0.2) is 36.5 Å². The predicted octanol–water partition coefficient (Wildman–Crippen LogP) is 6.30. The highest BCUT2D eigenvalue weighted by molar-refractivity contribution is 7.16. The molecule has 0 bridgehead atoms. The first kappa shape index (κ1) is 21.6. The van der Waals surface area contributed by atoms with Crippen LogP contribution >= 0.6 is 34.5 Å². The number of nitrogens with zero attached hydrogens (tertiary/aromatic N) is 3. The second-order valence-corrected chi connectivity index (χ2v) is 9.77. The van der Waals surface area contributed by atoms with Crippen molar-refractivity contribution in [3.8, 4) is 11.3 Å². The number of aliphatic hydroxyl groups is 1. The van der Waals surface area contributed by atoms with Crippen molar-refractivity contribution in [1.82, 2.24) is 9.97 Å². The third-order valence-electron chi connectivity index (χ3n) is 5.51. The number of aliphatic hydroxyl groups excluding tert-OH is 1. The molecule has 1 saturated carbocycles. The number of hydrogen-bond donors (Lipinski definition) is 1. The molecular formula is C23H25Cl2N3OS. The second kappa shape index (κ2) is 9.23. The largest absolute Gasteiger partial charge is 0.392 e. The van der Waals surface area contributed by atoms with Gasteiger partial charge in [0.05, 0.1) is 17.3 Å². The Kier molecular flexibility index (Phi) is 6.63. The van der Waals surface area contributed by atoms with Gasteiger partial charge in [0.1, 0.15) is 0 Å². The number of halogens is 2. The lowest BCUT2D eigenvalue weighted by Gasteiger charge is -2.31. The average molecular weight is 462 g/mol. The summed E-state index contributed by atoms with van der Waals surface area (Å²) in [6.45, 7) is 4.35. The predicted molar refractivity (Wildman–Crippen MR) is 126 cm³/mol. The zero-order valence-corrected chi connectivity index (χ0v) is 19.4. The molecule has 0 amide bonds. The van der Waals surface area contributed by atoms with Gasteiger partial charge >= 0.3 is 0 Å². The van der Waals surface area contributed by atoms with E-state index in [4.69, 9.17) is 28.2 Å². The number of benzene rings is 1. The summed E-state index contributed by atoms with van der Waals surface area (Å²) in [5.74, 6) is 0. The van der Waals surface area contributed by atoms with E-state index in [0.717, 1.165) is 45.4 Å². The van der Waals surface area contributed by atoms with Crippen LogP contribution in [0.1, 0.15) is 42.3 Å². The molecule has 2 aromatic heterocycles. The smallest absolute Gasteiger partial charge is 0.186 e. The van der Waals surface area contributed by atoms with Gasteiger partial charge in [0, 0.05) is 45.9 Å². The first-order valence-electron chi connectivity index (χ1n) is 10.3. The van der Waals surface area contributed by atoms with Gasteiger partial charge in [0.15, 0.2) is 5.13 Å². The molecule has 0 saturated heterocycles. The average Bonchev–Trinajstić information content (AvgIpc) is 3.50. The molecule has 0 spiro atoms. The van der Waals surface area contributed by atoms with E-state index in [1.165, 1.54) is 12.8 Å². The minimum Gasteiger partial charge on any atom is -0.392 e. The highest BCUT2D eigenvalue weighted by Gasteiger charge is 2.36. The number of aryl methyl sites for hydroxylation is 1. The van der Waals surface area contributed by atoms with E-state index in [0.29, 0.717) is 22.1 Å². The molecule has 0 aliphatic heterocycles. The standard InChI is InChI=1S/C23H25Cl2N3OS/c1-3-18(12-17-10-15(13-29)8-9-26-17)28(19-5-6-19)23-27-22(14(2)30-23)20-7-4-16(24)11-21(20)25/h4,7-11,18-19,29H,3,5-6,12-13H2,1-2H3. The fourth-order valence-electron chi connectivity index (χ4n) is 3.81. The van der Waals surface area contributed by atoms with Crippen LogP contribution in [0.3, 0.4) is 0 Å². The molecule has 1 N–H and O–H groups in total. The van der Waals surface area contributed by atoms with Crippen LogP contribution in [0.25, 0.3) is 11.3 Å². The summed E-state index contributed by atoms with van der Waals surface area (Å²) < 4.78 is 0. The SMILES string of the molecule is CCC(Cc1cc(CO)ccn1)N(c1nc(-c2ccc(Cl)cc2Cl)c(C)s1)C1CC1. The van der Waals surface area contributed by atoms with Gasteiger partial charge in [-0.1, -0.05) is 30.1 Å². The molecule has 1 aliphatic carbocycles.